The molecule has 0 saturated carbocycles. The summed E-state index contributed by atoms with van der Waals surface area (Å²) in [6.07, 6.45) is 17.6. The van der Waals surface area contributed by atoms with E-state index >= 15 is 0 Å². The number of hydrogen-bond donors (Lipinski definition) is 1. The highest BCUT2D eigenvalue weighted by Crippen LogP contribution is 2.16. The Bertz CT molecular complexity index is 439. The van der Waals surface area contributed by atoms with E-state index in [4.69, 9.17) is 9.84 Å². The summed E-state index contributed by atoms with van der Waals surface area (Å²) in [5, 5.41) is 8.58. The number of carboxylic acids is 1. The molecule has 0 fully saturated rings. The van der Waals surface area contributed by atoms with Crippen molar-refractivity contribution in [3.8, 4) is 5.75 Å². The Kier molecular flexibility index (Phi) is 12.7. The molecule has 0 aliphatic carbocycles. The van der Waals surface area contributed by atoms with Gasteiger partial charge < -0.3 is 9.84 Å². The zero-order chi connectivity index (χ0) is 18.2. The van der Waals surface area contributed by atoms with Crippen molar-refractivity contribution >= 4 is 5.97 Å². The second-order valence-corrected chi connectivity index (χ2v) is 6.97. The van der Waals surface area contributed by atoms with Gasteiger partial charge in [-0.1, -0.05) is 89.7 Å². The third-order valence-electron chi connectivity index (χ3n) is 4.60. The lowest BCUT2D eigenvalue weighted by atomic mass is 10.0. The number of ether oxygens (including phenoxy) is 1. The van der Waals surface area contributed by atoms with Crippen LogP contribution in [0.3, 0.4) is 0 Å². The van der Waals surface area contributed by atoms with Crippen molar-refractivity contribution in [1.82, 2.24) is 0 Å². The highest BCUT2D eigenvalue weighted by molar-refractivity contribution is 5.68. The summed E-state index contributed by atoms with van der Waals surface area (Å²) in [5.74, 6) is -0.318. The second kappa shape index (κ2) is 14.8. The highest BCUT2D eigenvalue weighted by Gasteiger charge is 2.00. The molecule has 1 rings (SSSR count). The highest BCUT2D eigenvalue weighted by atomic mass is 16.5. The normalized spacial score (nSPS) is 10.8. The van der Waals surface area contributed by atoms with Crippen LogP contribution in [0.1, 0.15) is 89.5 Å². The first kappa shape index (κ1) is 21.5. The molecule has 25 heavy (non-hydrogen) atoms. The van der Waals surface area contributed by atoms with Gasteiger partial charge >= 0.3 is 5.97 Å². The molecule has 0 atom stereocenters. The van der Waals surface area contributed by atoms with Gasteiger partial charge in [-0.15, -0.1) is 0 Å². The van der Waals surface area contributed by atoms with E-state index in [0.29, 0.717) is 5.75 Å². The zero-order valence-electron chi connectivity index (χ0n) is 16.0. The van der Waals surface area contributed by atoms with E-state index in [0.717, 1.165) is 6.42 Å². The Morgan fingerprint density at radius 1 is 0.800 bits per heavy atom. The van der Waals surface area contributed by atoms with Gasteiger partial charge in [0.2, 0.25) is 0 Å². The molecule has 0 amide bonds. The van der Waals surface area contributed by atoms with Gasteiger partial charge in [-0.2, -0.15) is 0 Å². The number of aryl methyl sites for hydroxylation is 1. The van der Waals surface area contributed by atoms with Gasteiger partial charge in [0.05, 0.1) is 0 Å². The number of hydrogen-bond acceptors (Lipinski definition) is 2. The minimum absolute atomic E-state index is 0.280. The molecule has 0 aliphatic heterocycles. The van der Waals surface area contributed by atoms with Crippen molar-refractivity contribution in [2.45, 2.75) is 90.4 Å². The Morgan fingerprint density at radius 3 is 1.76 bits per heavy atom. The largest absolute Gasteiger partial charge is 0.482 e. The second-order valence-electron chi connectivity index (χ2n) is 6.97. The number of carbonyl (C=O) groups is 1. The number of unbranched alkanes of at least 4 members (excludes halogenated alkanes) is 11. The Hall–Kier alpha value is -1.51. The molecule has 142 valence electrons. The Balaban J connectivity index is 1.93. The Labute approximate surface area is 153 Å². The zero-order valence-corrected chi connectivity index (χ0v) is 16.0. The van der Waals surface area contributed by atoms with Gasteiger partial charge in [0.25, 0.3) is 0 Å². The van der Waals surface area contributed by atoms with Crippen LogP contribution in [0.5, 0.6) is 5.75 Å². The van der Waals surface area contributed by atoms with Crippen LogP contribution in [0.25, 0.3) is 0 Å². The van der Waals surface area contributed by atoms with Crippen molar-refractivity contribution in [3.05, 3.63) is 29.8 Å². The third kappa shape index (κ3) is 12.5. The molecule has 0 spiro atoms. The van der Waals surface area contributed by atoms with Gasteiger partial charge in [0.1, 0.15) is 5.75 Å². The number of benzene rings is 1. The molecule has 3 nitrogen and oxygen atoms in total. The first-order valence-electron chi connectivity index (χ1n) is 10.2. The molecule has 1 aromatic rings. The van der Waals surface area contributed by atoms with Gasteiger partial charge in [0.15, 0.2) is 6.61 Å². The van der Waals surface area contributed by atoms with E-state index in [9.17, 15) is 4.79 Å². The van der Waals surface area contributed by atoms with E-state index in [1.54, 1.807) is 0 Å². The maximum atomic E-state index is 10.5. The summed E-state index contributed by atoms with van der Waals surface area (Å²) >= 11 is 0. The van der Waals surface area contributed by atoms with Crippen LogP contribution in [0.4, 0.5) is 0 Å². The SMILES string of the molecule is CCCCCCCCCCCCCCc1ccc(OCC(=O)O)cc1. The van der Waals surface area contributed by atoms with Gasteiger partial charge in [-0.3, -0.25) is 0 Å². The molecule has 0 radical (unpaired) electrons. The average Bonchev–Trinajstić information content (AvgIpc) is 2.62. The minimum atomic E-state index is -0.944. The monoisotopic (exact) mass is 348 g/mol. The molecule has 0 unspecified atom stereocenters. The molecule has 0 heterocycles. The fraction of sp³-hybridized carbons (Fsp3) is 0.682. The summed E-state index contributed by atoms with van der Waals surface area (Å²) in [5.41, 5.74) is 1.30. The van der Waals surface area contributed by atoms with Gasteiger partial charge in [-0.25, -0.2) is 4.79 Å². The molecular formula is C22H36O3. The van der Waals surface area contributed by atoms with E-state index in [-0.39, 0.29) is 6.61 Å². The summed E-state index contributed by atoms with van der Waals surface area (Å²) in [6.45, 7) is 1.99. The molecule has 0 bridgehead atoms. The van der Waals surface area contributed by atoms with Crippen LogP contribution in [-0.2, 0) is 11.2 Å². The van der Waals surface area contributed by atoms with E-state index < -0.39 is 5.97 Å². The van der Waals surface area contributed by atoms with Crippen molar-refractivity contribution in [2.75, 3.05) is 6.61 Å². The van der Waals surface area contributed by atoms with Gasteiger partial charge in [-0.05, 0) is 30.5 Å². The van der Waals surface area contributed by atoms with Crippen LogP contribution < -0.4 is 4.74 Å². The minimum Gasteiger partial charge on any atom is -0.482 e. The van der Waals surface area contributed by atoms with Crippen molar-refractivity contribution in [1.29, 1.82) is 0 Å². The van der Waals surface area contributed by atoms with E-state index in [1.165, 1.54) is 82.6 Å². The summed E-state index contributed by atoms with van der Waals surface area (Å²) in [7, 11) is 0. The molecule has 0 aliphatic rings. The predicted molar refractivity (Wildman–Crippen MR) is 104 cm³/mol. The summed E-state index contributed by atoms with van der Waals surface area (Å²) < 4.78 is 5.14. The van der Waals surface area contributed by atoms with Crippen LogP contribution >= 0.6 is 0 Å². The fourth-order valence-corrected chi connectivity index (χ4v) is 3.07. The number of aliphatic carboxylic acids is 1. The lowest BCUT2D eigenvalue weighted by molar-refractivity contribution is -0.139. The summed E-state index contributed by atoms with van der Waals surface area (Å²) in [6, 6.07) is 7.79. The van der Waals surface area contributed by atoms with Gasteiger partial charge in [0, 0.05) is 0 Å². The van der Waals surface area contributed by atoms with E-state index in [2.05, 4.69) is 6.92 Å². The standard InChI is InChI=1S/C22H36O3/c1-2-3-4-5-6-7-8-9-10-11-12-13-14-20-15-17-21(18-16-20)25-19-22(23)24/h15-18H,2-14,19H2,1H3,(H,23,24). The fourth-order valence-electron chi connectivity index (χ4n) is 3.07. The lowest BCUT2D eigenvalue weighted by Crippen LogP contribution is -2.09. The molecule has 0 aromatic heterocycles. The van der Waals surface area contributed by atoms with Crippen molar-refractivity contribution in [2.24, 2.45) is 0 Å². The topological polar surface area (TPSA) is 46.5 Å². The number of carboxylic acid groups (broad SMARTS) is 1. The molecular weight excluding hydrogens is 312 g/mol. The molecule has 3 heteroatoms. The van der Waals surface area contributed by atoms with Crippen LogP contribution in [0.2, 0.25) is 0 Å². The first-order valence-corrected chi connectivity index (χ1v) is 10.2. The summed E-state index contributed by atoms with van der Waals surface area (Å²) in [4.78, 5) is 10.5. The van der Waals surface area contributed by atoms with Crippen LogP contribution in [-0.4, -0.2) is 17.7 Å². The van der Waals surface area contributed by atoms with E-state index in [1.807, 2.05) is 24.3 Å². The molecule has 0 saturated heterocycles. The maximum Gasteiger partial charge on any atom is 0.341 e. The molecule has 1 aromatic carbocycles. The van der Waals surface area contributed by atoms with Crippen LogP contribution in [0.15, 0.2) is 24.3 Å². The average molecular weight is 349 g/mol. The number of rotatable bonds is 16. The predicted octanol–water partition coefficient (Wildman–Crippen LogP) is 6.39. The van der Waals surface area contributed by atoms with Crippen molar-refractivity contribution < 1.29 is 14.6 Å². The molecule has 1 N–H and O–H groups in total. The first-order chi connectivity index (χ1) is 12.2. The van der Waals surface area contributed by atoms with Crippen molar-refractivity contribution in [3.63, 3.8) is 0 Å². The smallest absolute Gasteiger partial charge is 0.341 e. The third-order valence-corrected chi connectivity index (χ3v) is 4.60. The van der Waals surface area contributed by atoms with Crippen LogP contribution in [0, 0.1) is 0 Å². The Morgan fingerprint density at radius 2 is 1.28 bits per heavy atom. The quantitative estimate of drug-likeness (QED) is 0.352. The maximum absolute atomic E-state index is 10.5. The lowest BCUT2D eigenvalue weighted by Gasteiger charge is -2.05.